The van der Waals surface area contributed by atoms with Crippen molar-refractivity contribution in [3.05, 3.63) is 44.1 Å². The first-order valence-electron chi connectivity index (χ1n) is 6.87. The first-order valence-corrected chi connectivity index (χ1v) is 8.60. The van der Waals surface area contributed by atoms with Crippen LogP contribution in [0, 0.1) is 6.92 Å². The number of benzene rings is 1. The lowest BCUT2D eigenvalue weighted by Gasteiger charge is -2.13. The molecule has 0 unspecified atom stereocenters. The summed E-state index contributed by atoms with van der Waals surface area (Å²) < 4.78 is 11.9. The first-order chi connectivity index (χ1) is 10.2. The molecule has 0 bridgehead atoms. The standard InChI is InChI=1S/C16H20BrNO2S/c1-4-20-16-14(17)5-12(6-15(16)19-3)7-18-8-13-10-21-9-11(13)2/h5-6,9-10,18H,4,7-8H2,1-3H3. The van der Waals surface area contributed by atoms with E-state index in [1.165, 1.54) is 11.1 Å². The van der Waals surface area contributed by atoms with Crippen molar-refractivity contribution in [3.8, 4) is 11.5 Å². The van der Waals surface area contributed by atoms with Crippen LogP contribution in [0.3, 0.4) is 0 Å². The van der Waals surface area contributed by atoms with Crippen LogP contribution >= 0.6 is 27.3 Å². The second-order valence-electron chi connectivity index (χ2n) is 4.73. The molecule has 1 heterocycles. The predicted molar refractivity (Wildman–Crippen MR) is 91.5 cm³/mol. The van der Waals surface area contributed by atoms with Gasteiger partial charge in [0.2, 0.25) is 0 Å². The summed E-state index contributed by atoms with van der Waals surface area (Å²) in [5.74, 6) is 1.52. The number of aryl methyl sites for hydroxylation is 1. The average Bonchev–Trinajstić information content (AvgIpc) is 2.87. The van der Waals surface area contributed by atoms with Crippen LogP contribution in [0.5, 0.6) is 11.5 Å². The molecule has 0 amide bonds. The van der Waals surface area contributed by atoms with Gasteiger partial charge in [0.15, 0.2) is 11.5 Å². The highest BCUT2D eigenvalue weighted by atomic mass is 79.9. The summed E-state index contributed by atoms with van der Waals surface area (Å²) in [7, 11) is 1.66. The van der Waals surface area contributed by atoms with Crippen LogP contribution in [0.25, 0.3) is 0 Å². The molecule has 0 aliphatic rings. The van der Waals surface area contributed by atoms with Crippen LogP contribution in [0.1, 0.15) is 23.6 Å². The highest BCUT2D eigenvalue weighted by molar-refractivity contribution is 9.10. The Bertz CT molecular complexity index is 598. The number of hydrogen-bond donors (Lipinski definition) is 1. The van der Waals surface area contributed by atoms with Crippen LogP contribution in [-0.4, -0.2) is 13.7 Å². The Hall–Kier alpha value is -1.04. The zero-order valence-electron chi connectivity index (χ0n) is 12.5. The van der Waals surface area contributed by atoms with Crippen molar-refractivity contribution >= 4 is 27.3 Å². The Morgan fingerprint density at radius 3 is 2.67 bits per heavy atom. The van der Waals surface area contributed by atoms with Gasteiger partial charge in [-0.25, -0.2) is 0 Å². The van der Waals surface area contributed by atoms with E-state index in [1.807, 2.05) is 13.0 Å². The van der Waals surface area contributed by atoms with Crippen molar-refractivity contribution in [3.63, 3.8) is 0 Å². The summed E-state index contributed by atoms with van der Waals surface area (Å²) >= 11 is 5.30. The molecule has 0 fully saturated rings. The Balaban J connectivity index is 2.03. The number of hydrogen-bond acceptors (Lipinski definition) is 4. The lowest BCUT2D eigenvalue weighted by molar-refractivity contribution is 0.308. The monoisotopic (exact) mass is 369 g/mol. The van der Waals surface area contributed by atoms with E-state index in [9.17, 15) is 0 Å². The van der Waals surface area contributed by atoms with Gasteiger partial charge in [-0.15, -0.1) is 0 Å². The van der Waals surface area contributed by atoms with E-state index in [2.05, 4.69) is 45.0 Å². The van der Waals surface area contributed by atoms with Crippen molar-refractivity contribution in [2.24, 2.45) is 0 Å². The van der Waals surface area contributed by atoms with Gasteiger partial charge in [-0.05, 0) is 69.4 Å². The molecule has 1 aromatic carbocycles. The van der Waals surface area contributed by atoms with Crippen molar-refractivity contribution in [1.29, 1.82) is 0 Å². The third-order valence-electron chi connectivity index (χ3n) is 3.18. The van der Waals surface area contributed by atoms with Crippen LogP contribution in [-0.2, 0) is 13.1 Å². The molecule has 5 heteroatoms. The van der Waals surface area contributed by atoms with Gasteiger partial charge in [-0.3, -0.25) is 0 Å². The lowest BCUT2D eigenvalue weighted by Crippen LogP contribution is -2.13. The summed E-state index contributed by atoms with van der Waals surface area (Å²) in [6, 6.07) is 4.09. The normalized spacial score (nSPS) is 10.7. The van der Waals surface area contributed by atoms with Gasteiger partial charge in [0, 0.05) is 13.1 Å². The van der Waals surface area contributed by atoms with Crippen molar-refractivity contribution in [2.45, 2.75) is 26.9 Å². The molecule has 0 saturated carbocycles. The minimum Gasteiger partial charge on any atom is -0.493 e. The van der Waals surface area contributed by atoms with Crippen molar-refractivity contribution < 1.29 is 9.47 Å². The molecule has 2 rings (SSSR count). The Morgan fingerprint density at radius 1 is 1.24 bits per heavy atom. The van der Waals surface area contributed by atoms with E-state index in [0.29, 0.717) is 6.61 Å². The summed E-state index contributed by atoms with van der Waals surface area (Å²) in [6.07, 6.45) is 0. The maximum atomic E-state index is 5.60. The van der Waals surface area contributed by atoms with Crippen LogP contribution < -0.4 is 14.8 Å². The molecule has 1 aromatic heterocycles. The molecule has 1 N–H and O–H groups in total. The number of rotatable bonds is 7. The molecule has 0 spiro atoms. The fourth-order valence-corrected chi connectivity index (χ4v) is 3.53. The summed E-state index contributed by atoms with van der Waals surface area (Å²) in [5.41, 5.74) is 3.87. The van der Waals surface area contributed by atoms with E-state index in [1.54, 1.807) is 18.4 Å². The minimum atomic E-state index is 0.615. The molecule has 0 aliphatic heterocycles. The van der Waals surface area contributed by atoms with Gasteiger partial charge < -0.3 is 14.8 Å². The lowest BCUT2D eigenvalue weighted by atomic mass is 10.2. The number of nitrogens with one attached hydrogen (secondary N) is 1. The second kappa shape index (κ2) is 7.82. The van der Waals surface area contributed by atoms with E-state index >= 15 is 0 Å². The quantitative estimate of drug-likeness (QED) is 0.778. The molecule has 114 valence electrons. The zero-order chi connectivity index (χ0) is 15.2. The highest BCUT2D eigenvalue weighted by Gasteiger charge is 2.11. The van der Waals surface area contributed by atoms with Gasteiger partial charge in [0.25, 0.3) is 0 Å². The van der Waals surface area contributed by atoms with Crippen LogP contribution in [0.2, 0.25) is 0 Å². The van der Waals surface area contributed by atoms with E-state index in [-0.39, 0.29) is 0 Å². The average molecular weight is 370 g/mol. The van der Waals surface area contributed by atoms with E-state index in [4.69, 9.17) is 9.47 Å². The van der Waals surface area contributed by atoms with E-state index < -0.39 is 0 Å². The Kier molecular flexibility index (Phi) is 6.08. The first kappa shape index (κ1) is 16.3. The molecular formula is C16H20BrNO2S. The van der Waals surface area contributed by atoms with Gasteiger partial charge in [-0.2, -0.15) is 11.3 Å². The smallest absolute Gasteiger partial charge is 0.175 e. The number of halogens is 1. The summed E-state index contributed by atoms with van der Waals surface area (Å²) in [6.45, 7) is 6.39. The SMILES string of the molecule is CCOc1c(Br)cc(CNCc2cscc2C)cc1OC. The molecule has 21 heavy (non-hydrogen) atoms. The fraction of sp³-hybridized carbons (Fsp3) is 0.375. The molecule has 2 aromatic rings. The van der Waals surface area contributed by atoms with Crippen LogP contribution in [0.4, 0.5) is 0 Å². The molecule has 0 atom stereocenters. The summed E-state index contributed by atoms with van der Waals surface area (Å²) in [4.78, 5) is 0. The van der Waals surface area contributed by atoms with Gasteiger partial charge in [0.1, 0.15) is 0 Å². The van der Waals surface area contributed by atoms with Crippen LogP contribution in [0.15, 0.2) is 27.4 Å². The molecule has 0 aliphatic carbocycles. The molecular weight excluding hydrogens is 350 g/mol. The Labute approximate surface area is 138 Å². The largest absolute Gasteiger partial charge is 0.493 e. The van der Waals surface area contributed by atoms with Gasteiger partial charge >= 0.3 is 0 Å². The number of methoxy groups -OCH3 is 1. The Morgan fingerprint density at radius 2 is 2.05 bits per heavy atom. The third kappa shape index (κ3) is 4.22. The maximum Gasteiger partial charge on any atom is 0.175 e. The third-order valence-corrected chi connectivity index (χ3v) is 4.68. The van der Waals surface area contributed by atoms with Crippen molar-refractivity contribution in [2.75, 3.05) is 13.7 Å². The van der Waals surface area contributed by atoms with Gasteiger partial charge in [0.05, 0.1) is 18.2 Å². The number of ether oxygens (including phenoxy) is 2. The molecule has 0 radical (unpaired) electrons. The number of thiophene rings is 1. The second-order valence-corrected chi connectivity index (χ2v) is 6.32. The molecule has 3 nitrogen and oxygen atoms in total. The van der Waals surface area contributed by atoms with E-state index in [0.717, 1.165) is 34.6 Å². The zero-order valence-corrected chi connectivity index (χ0v) is 14.9. The van der Waals surface area contributed by atoms with Crippen molar-refractivity contribution in [1.82, 2.24) is 5.32 Å². The highest BCUT2D eigenvalue weighted by Crippen LogP contribution is 2.36. The summed E-state index contributed by atoms with van der Waals surface area (Å²) in [5, 5.41) is 7.83. The molecule has 0 saturated heterocycles. The topological polar surface area (TPSA) is 30.5 Å². The fourth-order valence-electron chi connectivity index (χ4n) is 2.07. The predicted octanol–water partition coefficient (Wildman–Crippen LogP) is 4.52. The van der Waals surface area contributed by atoms with Gasteiger partial charge in [-0.1, -0.05) is 0 Å². The maximum absolute atomic E-state index is 5.60. The minimum absolute atomic E-state index is 0.615.